The minimum atomic E-state index is -3.65. The van der Waals surface area contributed by atoms with Crippen LogP contribution in [-0.2, 0) is 10.0 Å². The van der Waals surface area contributed by atoms with Crippen molar-refractivity contribution >= 4 is 27.5 Å². The second-order valence-electron chi connectivity index (χ2n) is 7.47. The van der Waals surface area contributed by atoms with Gasteiger partial charge in [-0.05, 0) is 50.6 Å². The summed E-state index contributed by atoms with van der Waals surface area (Å²) < 4.78 is 27.5. The predicted octanol–water partition coefficient (Wildman–Crippen LogP) is 2.30. The molecule has 2 atom stereocenters. The molecule has 0 unspecified atom stereocenters. The summed E-state index contributed by atoms with van der Waals surface area (Å²) in [6.07, 6.45) is 1.02. The number of sulfonamides is 1. The van der Waals surface area contributed by atoms with E-state index in [1.54, 1.807) is 0 Å². The lowest BCUT2D eigenvalue weighted by molar-refractivity contribution is 0.0951. The first-order valence-electron chi connectivity index (χ1n) is 8.84. The van der Waals surface area contributed by atoms with Gasteiger partial charge in [-0.25, -0.2) is 8.42 Å². The molecule has 0 saturated carbocycles. The van der Waals surface area contributed by atoms with E-state index in [-0.39, 0.29) is 21.4 Å². The first-order valence-corrected chi connectivity index (χ1v) is 10.7. The molecule has 2 rings (SSSR count). The highest BCUT2D eigenvalue weighted by Gasteiger charge is 2.32. The Bertz CT molecular complexity index is 742. The molecule has 146 valence electrons. The minimum absolute atomic E-state index is 0.112. The van der Waals surface area contributed by atoms with Gasteiger partial charge < -0.3 is 10.2 Å². The first-order chi connectivity index (χ1) is 12.1. The molecule has 1 aliphatic heterocycles. The third-order valence-corrected chi connectivity index (χ3v) is 6.66. The van der Waals surface area contributed by atoms with Gasteiger partial charge in [0, 0.05) is 26.2 Å². The van der Waals surface area contributed by atoms with Gasteiger partial charge in [-0.1, -0.05) is 25.4 Å². The van der Waals surface area contributed by atoms with E-state index in [1.165, 1.54) is 22.5 Å². The van der Waals surface area contributed by atoms with Crippen LogP contribution < -0.4 is 5.32 Å². The molecule has 1 N–H and O–H groups in total. The maximum Gasteiger partial charge on any atom is 0.252 e. The highest BCUT2D eigenvalue weighted by molar-refractivity contribution is 7.89. The number of nitrogens with one attached hydrogen (secondary N) is 1. The fourth-order valence-electron chi connectivity index (χ4n) is 3.28. The molecule has 1 aliphatic rings. The standard InChI is InChI=1S/C18H28ClN3O3S/c1-13-9-14(2)12-22(11-13)26(24,25)15-5-6-17(19)16(10-15)18(23)20-7-8-21(3)4/h5-6,10,13-14H,7-9,11-12H2,1-4H3,(H,20,23)/t13-,14-/m0/s1. The molecule has 6 nitrogen and oxygen atoms in total. The van der Waals surface area contributed by atoms with E-state index in [0.717, 1.165) is 6.42 Å². The summed E-state index contributed by atoms with van der Waals surface area (Å²) in [5.41, 5.74) is 0.185. The lowest BCUT2D eigenvalue weighted by atomic mass is 9.94. The number of likely N-dealkylation sites (N-methyl/N-ethyl adjacent to an activating group) is 1. The molecule has 1 saturated heterocycles. The van der Waals surface area contributed by atoms with Crippen LogP contribution in [0.25, 0.3) is 0 Å². The smallest absolute Gasteiger partial charge is 0.252 e. The van der Waals surface area contributed by atoms with Gasteiger partial charge in [0.25, 0.3) is 5.91 Å². The second-order valence-corrected chi connectivity index (χ2v) is 9.81. The zero-order valence-electron chi connectivity index (χ0n) is 15.8. The van der Waals surface area contributed by atoms with E-state index >= 15 is 0 Å². The molecule has 0 aromatic heterocycles. The Morgan fingerprint density at radius 2 is 1.88 bits per heavy atom. The van der Waals surface area contributed by atoms with Crippen LogP contribution in [0.2, 0.25) is 5.02 Å². The van der Waals surface area contributed by atoms with E-state index in [9.17, 15) is 13.2 Å². The summed E-state index contributed by atoms with van der Waals surface area (Å²) in [6.45, 7) is 6.26. The molecule has 1 amide bonds. The molecule has 1 heterocycles. The van der Waals surface area contributed by atoms with Crippen LogP contribution in [0.3, 0.4) is 0 Å². The van der Waals surface area contributed by atoms with Crippen LogP contribution in [-0.4, -0.2) is 63.8 Å². The Labute approximate surface area is 161 Å². The van der Waals surface area contributed by atoms with Gasteiger partial charge in [0.1, 0.15) is 0 Å². The zero-order chi connectivity index (χ0) is 19.5. The summed E-state index contributed by atoms with van der Waals surface area (Å²) in [7, 11) is 0.171. The average Bonchev–Trinajstić information content (AvgIpc) is 2.53. The molecular formula is C18H28ClN3O3S. The predicted molar refractivity (Wildman–Crippen MR) is 104 cm³/mol. The lowest BCUT2D eigenvalue weighted by Crippen LogP contribution is -2.42. The van der Waals surface area contributed by atoms with Crippen LogP contribution in [0.5, 0.6) is 0 Å². The van der Waals surface area contributed by atoms with Gasteiger partial charge in [-0.3, -0.25) is 4.79 Å². The molecule has 1 aromatic rings. The Morgan fingerprint density at radius 1 is 1.27 bits per heavy atom. The highest BCUT2D eigenvalue weighted by atomic mass is 35.5. The van der Waals surface area contributed by atoms with Gasteiger partial charge in [-0.15, -0.1) is 0 Å². The van der Waals surface area contributed by atoms with Gasteiger partial charge in [0.15, 0.2) is 0 Å². The number of nitrogens with zero attached hydrogens (tertiary/aromatic N) is 2. The molecule has 8 heteroatoms. The summed E-state index contributed by atoms with van der Waals surface area (Å²) >= 11 is 6.14. The number of hydrogen-bond donors (Lipinski definition) is 1. The summed E-state index contributed by atoms with van der Waals surface area (Å²) in [5, 5.41) is 3.01. The van der Waals surface area contributed by atoms with Crippen LogP contribution in [0.1, 0.15) is 30.6 Å². The van der Waals surface area contributed by atoms with E-state index < -0.39 is 10.0 Å². The Balaban J connectivity index is 2.23. The topological polar surface area (TPSA) is 69.7 Å². The number of halogens is 1. The van der Waals surface area contributed by atoms with Crippen molar-refractivity contribution in [2.45, 2.75) is 25.2 Å². The fraction of sp³-hybridized carbons (Fsp3) is 0.611. The van der Waals surface area contributed by atoms with Crippen molar-refractivity contribution in [1.82, 2.24) is 14.5 Å². The average molecular weight is 402 g/mol. The van der Waals surface area contributed by atoms with Gasteiger partial charge in [0.2, 0.25) is 10.0 Å². The fourth-order valence-corrected chi connectivity index (χ4v) is 5.19. The second kappa shape index (κ2) is 8.69. The number of benzene rings is 1. The minimum Gasteiger partial charge on any atom is -0.351 e. The third-order valence-electron chi connectivity index (χ3n) is 4.50. The number of piperidine rings is 1. The summed E-state index contributed by atoms with van der Waals surface area (Å²) in [4.78, 5) is 14.4. The summed E-state index contributed by atoms with van der Waals surface area (Å²) in [5.74, 6) is 0.263. The number of carbonyl (C=O) groups excluding carboxylic acids is 1. The zero-order valence-corrected chi connectivity index (χ0v) is 17.4. The van der Waals surface area contributed by atoms with Crippen molar-refractivity contribution < 1.29 is 13.2 Å². The van der Waals surface area contributed by atoms with Crippen molar-refractivity contribution in [3.63, 3.8) is 0 Å². The Hall–Kier alpha value is -1.15. The Kier molecular flexibility index (Phi) is 7.07. The molecule has 0 spiro atoms. The largest absolute Gasteiger partial charge is 0.351 e. The van der Waals surface area contributed by atoms with Crippen LogP contribution in [0, 0.1) is 11.8 Å². The van der Waals surface area contributed by atoms with Crippen molar-refractivity contribution in [2.24, 2.45) is 11.8 Å². The van der Waals surface area contributed by atoms with E-state index in [2.05, 4.69) is 19.2 Å². The quantitative estimate of drug-likeness (QED) is 0.794. The molecule has 0 radical (unpaired) electrons. The maximum atomic E-state index is 13.0. The molecule has 0 aliphatic carbocycles. The molecule has 1 fully saturated rings. The van der Waals surface area contributed by atoms with Crippen LogP contribution in [0.15, 0.2) is 23.1 Å². The number of hydrogen-bond acceptors (Lipinski definition) is 4. The van der Waals surface area contributed by atoms with Gasteiger partial charge in [-0.2, -0.15) is 4.31 Å². The van der Waals surface area contributed by atoms with Crippen molar-refractivity contribution in [2.75, 3.05) is 40.3 Å². The third kappa shape index (κ3) is 5.19. The summed E-state index contributed by atoms with van der Waals surface area (Å²) in [6, 6.07) is 4.33. The van der Waals surface area contributed by atoms with Crippen LogP contribution >= 0.6 is 11.6 Å². The normalized spacial score (nSPS) is 21.8. The molecule has 1 aromatic carbocycles. The number of carbonyl (C=O) groups is 1. The number of amides is 1. The monoisotopic (exact) mass is 401 g/mol. The lowest BCUT2D eigenvalue weighted by Gasteiger charge is -2.34. The SMILES string of the molecule is C[C@H]1C[C@H](C)CN(S(=O)(=O)c2ccc(Cl)c(C(=O)NCCN(C)C)c2)C1. The van der Waals surface area contributed by atoms with Gasteiger partial charge >= 0.3 is 0 Å². The van der Waals surface area contributed by atoms with Crippen molar-refractivity contribution in [3.05, 3.63) is 28.8 Å². The van der Waals surface area contributed by atoms with Crippen molar-refractivity contribution in [1.29, 1.82) is 0 Å². The van der Waals surface area contributed by atoms with E-state index in [0.29, 0.717) is 38.0 Å². The van der Waals surface area contributed by atoms with E-state index in [1.807, 2.05) is 19.0 Å². The first kappa shape index (κ1) is 21.2. The van der Waals surface area contributed by atoms with E-state index in [4.69, 9.17) is 11.6 Å². The van der Waals surface area contributed by atoms with Crippen LogP contribution in [0.4, 0.5) is 0 Å². The number of rotatable bonds is 6. The highest BCUT2D eigenvalue weighted by Crippen LogP contribution is 2.28. The maximum absolute atomic E-state index is 13.0. The molecule has 0 bridgehead atoms. The van der Waals surface area contributed by atoms with Gasteiger partial charge in [0.05, 0.1) is 15.5 Å². The van der Waals surface area contributed by atoms with Crippen molar-refractivity contribution in [3.8, 4) is 0 Å². The molecule has 26 heavy (non-hydrogen) atoms. The molecular weight excluding hydrogens is 374 g/mol. The Morgan fingerprint density at radius 3 is 2.46 bits per heavy atom.